The van der Waals surface area contributed by atoms with E-state index in [1.54, 1.807) is 20.8 Å². The molecule has 2 N–H and O–H groups in total. The van der Waals surface area contributed by atoms with Crippen LogP contribution < -0.4 is 5.32 Å². The zero-order chi connectivity index (χ0) is 17.0. The molecule has 0 aromatic carbocycles. The van der Waals surface area contributed by atoms with E-state index in [2.05, 4.69) is 5.32 Å². The topological polar surface area (TPSA) is 75.6 Å². The fraction of sp³-hybridized carbons (Fsp3) is 0.882. The van der Waals surface area contributed by atoms with Gasteiger partial charge in [0.1, 0.15) is 5.60 Å². The molecule has 1 atom stereocenters. The summed E-state index contributed by atoms with van der Waals surface area (Å²) in [5.74, 6) is -0.0870. The molecule has 1 saturated carbocycles. The summed E-state index contributed by atoms with van der Waals surface area (Å²) >= 11 is 0. The number of carbonyl (C=O) groups is 2. The van der Waals surface area contributed by atoms with Crippen LogP contribution in [0.25, 0.3) is 0 Å². The van der Waals surface area contributed by atoms with E-state index in [1.807, 2.05) is 13.8 Å². The maximum absolute atomic E-state index is 11.9. The van der Waals surface area contributed by atoms with Crippen LogP contribution in [0, 0.1) is 17.3 Å². The van der Waals surface area contributed by atoms with Gasteiger partial charge in [-0.25, -0.2) is 4.79 Å². The van der Waals surface area contributed by atoms with Gasteiger partial charge in [-0.2, -0.15) is 0 Å². The molecule has 1 fully saturated rings. The number of ether oxygens (including phenoxy) is 1. The average Bonchev–Trinajstić information content (AvgIpc) is 2.27. The van der Waals surface area contributed by atoms with Gasteiger partial charge in [0, 0.05) is 6.54 Å². The molecule has 0 radical (unpaired) electrons. The van der Waals surface area contributed by atoms with Gasteiger partial charge in [0.05, 0.1) is 5.41 Å². The second-order valence-corrected chi connectivity index (χ2v) is 8.04. The van der Waals surface area contributed by atoms with Crippen molar-refractivity contribution in [3.8, 4) is 0 Å². The molecule has 0 bridgehead atoms. The van der Waals surface area contributed by atoms with E-state index in [-0.39, 0.29) is 12.5 Å². The minimum atomic E-state index is -0.893. The first kappa shape index (κ1) is 18.8. The number of hydrogen-bond acceptors (Lipinski definition) is 3. The van der Waals surface area contributed by atoms with Crippen LogP contribution in [-0.4, -0.2) is 29.3 Å². The number of carboxylic acid groups (broad SMARTS) is 1. The van der Waals surface area contributed by atoms with Gasteiger partial charge >= 0.3 is 12.1 Å². The van der Waals surface area contributed by atoms with Crippen molar-refractivity contribution >= 4 is 12.1 Å². The van der Waals surface area contributed by atoms with Crippen molar-refractivity contribution < 1.29 is 19.4 Å². The van der Waals surface area contributed by atoms with Crippen molar-refractivity contribution in [2.45, 2.75) is 72.3 Å². The number of aliphatic carboxylic acids is 1. The fourth-order valence-corrected chi connectivity index (χ4v) is 3.06. The normalized spacial score (nSPS) is 18.5. The molecule has 0 aliphatic heterocycles. The Bertz CT molecular complexity index is 396. The van der Waals surface area contributed by atoms with Crippen molar-refractivity contribution in [1.82, 2.24) is 5.32 Å². The molecule has 1 rings (SSSR count). The summed E-state index contributed by atoms with van der Waals surface area (Å²) in [4.78, 5) is 23.8. The molecule has 128 valence electrons. The highest BCUT2D eigenvalue weighted by atomic mass is 16.6. The van der Waals surface area contributed by atoms with Gasteiger partial charge in [-0.05, 0) is 45.4 Å². The Hall–Kier alpha value is -1.26. The van der Waals surface area contributed by atoms with Crippen LogP contribution in [0.15, 0.2) is 0 Å². The lowest BCUT2D eigenvalue weighted by molar-refractivity contribution is -0.151. The third-order valence-electron chi connectivity index (χ3n) is 4.13. The number of alkyl carbamates (subject to hydrolysis) is 1. The molecule has 0 saturated heterocycles. The largest absolute Gasteiger partial charge is 0.481 e. The summed E-state index contributed by atoms with van der Waals surface area (Å²) in [6, 6.07) is 0. The number of carbonyl (C=O) groups excluding carboxylic acids is 1. The first-order valence-corrected chi connectivity index (χ1v) is 8.24. The smallest absolute Gasteiger partial charge is 0.407 e. The lowest BCUT2D eigenvalue weighted by Crippen LogP contribution is -2.47. The van der Waals surface area contributed by atoms with Gasteiger partial charge in [0.2, 0.25) is 0 Å². The van der Waals surface area contributed by atoms with Crippen molar-refractivity contribution in [3.05, 3.63) is 0 Å². The van der Waals surface area contributed by atoms with Crippen LogP contribution in [0.3, 0.4) is 0 Å². The van der Waals surface area contributed by atoms with Crippen molar-refractivity contribution in [2.24, 2.45) is 17.3 Å². The predicted molar refractivity (Wildman–Crippen MR) is 85.7 cm³/mol. The molecule has 0 aromatic heterocycles. The predicted octanol–water partition coefficient (Wildman–Crippen LogP) is 3.82. The van der Waals surface area contributed by atoms with Crippen LogP contribution in [0.1, 0.15) is 66.7 Å². The van der Waals surface area contributed by atoms with Gasteiger partial charge in [-0.15, -0.1) is 0 Å². The van der Waals surface area contributed by atoms with Crippen molar-refractivity contribution in [1.29, 1.82) is 0 Å². The summed E-state index contributed by atoms with van der Waals surface area (Å²) < 4.78 is 5.22. The number of carboxylic acids is 1. The van der Waals surface area contributed by atoms with E-state index >= 15 is 0 Å². The summed E-state index contributed by atoms with van der Waals surface area (Å²) in [5, 5.41) is 12.5. The second-order valence-electron chi connectivity index (χ2n) is 8.04. The zero-order valence-electron chi connectivity index (χ0n) is 14.6. The molecule has 1 unspecified atom stereocenters. The number of rotatable bonds is 7. The van der Waals surface area contributed by atoms with Gasteiger partial charge < -0.3 is 15.2 Å². The lowest BCUT2D eigenvalue weighted by Gasteiger charge is -2.38. The van der Waals surface area contributed by atoms with E-state index in [4.69, 9.17) is 4.74 Å². The van der Waals surface area contributed by atoms with Gasteiger partial charge in [-0.1, -0.05) is 33.1 Å². The Morgan fingerprint density at radius 1 is 1.27 bits per heavy atom. The van der Waals surface area contributed by atoms with Crippen LogP contribution in [0.5, 0.6) is 0 Å². The van der Waals surface area contributed by atoms with E-state index in [9.17, 15) is 14.7 Å². The standard InChI is InChI=1S/C17H31NO4/c1-12(2)9-17(14(19)20,10-13-7-6-8-13)11-18-15(21)22-16(3,4)5/h12-13H,6-11H2,1-5H3,(H,18,21)(H,19,20). The lowest BCUT2D eigenvalue weighted by atomic mass is 9.68. The minimum Gasteiger partial charge on any atom is -0.481 e. The molecule has 0 heterocycles. The highest BCUT2D eigenvalue weighted by Crippen LogP contribution is 2.41. The van der Waals surface area contributed by atoms with Crippen molar-refractivity contribution in [3.63, 3.8) is 0 Å². The molecule has 0 aromatic rings. The van der Waals surface area contributed by atoms with Gasteiger partial charge in [-0.3, -0.25) is 4.79 Å². The van der Waals surface area contributed by atoms with Gasteiger partial charge in [0.25, 0.3) is 0 Å². The molecule has 1 aliphatic rings. The minimum absolute atomic E-state index is 0.131. The first-order valence-electron chi connectivity index (χ1n) is 8.24. The summed E-state index contributed by atoms with van der Waals surface area (Å²) in [6.45, 7) is 9.54. The van der Waals surface area contributed by atoms with E-state index < -0.39 is 23.1 Å². The van der Waals surface area contributed by atoms with Gasteiger partial charge in [0.15, 0.2) is 0 Å². The third-order valence-corrected chi connectivity index (χ3v) is 4.13. The highest BCUT2D eigenvalue weighted by Gasteiger charge is 2.42. The molecule has 22 heavy (non-hydrogen) atoms. The van der Waals surface area contributed by atoms with Crippen LogP contribution in [0.2, 0.25) is 0 Å². The second kappa shape index (κ2) is 7.34. The maximum Gasteiger partial charge on any atom is 0.407 e. The summed E-state index contributed by atoms with van der Waals surface area (Å²) in [7, 11) is 0. The Kier molecular flexibility index (Phi) is 6.27. The van der Waals surface area contributed by atoms with E-state index in [1.165, 1.54) is 6.42 Å². The van der Waals surface area contributed by atoms with Crippen LogP contribution in [-0.2, 0) is 9.53 Å². The quantitative estimate of drug-likeness (QED) is 0.749. The van der Waals surface area contributed by atoms with E-state index in [0.29, 0.717) is 18.8 Å². The average molecular weight is 313 g/mol. The zero-order valence-corrected chi connectivity index (χ0v) is 14.6. The summed E-state index contributed by atoms with van der Waals surface area (Å²) in [5.41, 5.74) is -1.47. The Morgan fingerprint density at radius 2 is 1.86 bits per heavy atom. The molecule has 5 heteroatoms. The summed E-state index contributed by atoms with van der Waals surface area (Å²) in [6.07, 6.45) is 4.03. The Balaban J connectivity index is 2.74. The molecule has 0 spiro atoms. The Morgan fingerprint density at radius 3 is 2.23 bits per heavy atom. The van der Waals surface area contributed by atoms with Crippen LogP contribution in [0.4, 0.5) is 4.79 Å². The molecular formula is C17H31NO4. The SMILES string of the molecule is CC(C)CC(CNC(=O)OC(C)(C)C)(CC1CCC1)C(=O)O. The number of nitrogens with one attached hydrogen (secondary N) is 1. The van der Waals surface area contributed by atoms with E-state index in [0.717, 1.165) is 12.8 Å². The highest BCUT2D eigenvalue weighted by molar-refractivity contribution is 5.76. The third kappa shape index (κ3) is 5.85. The van der Waals surface area contributed by atoms with Crippen LogP contribution >= 0.6 is 0 Å². The number of amides is 1. The first-order chi connectivity index (χ1) is 10.0. The molecule has 5 nitrogen and oxygen atoms in total. The van der Waals surface area contributed by atoms with Crippen molar-refractivity contribution in [2.75, 3.05) is 6.54 Å². The fourth-order valence-electron chi connectivity index (χ4n) is 3.06. The Labute approximate surface area is 133 Å². The molecule has 1 amide bonds. The number of hydrogen-bond donors (Lipinski definition) is 2. The monoisotopic (exact) mass is 313 g/mol. The maximum atomic E-state index is 11.9. The molecule has 1 aliphatic carbocycles. The molecular weight excluding hydrogens is 282 g/mol.